The van der Waals surface area contributed by atoms with Crippen LogP contribution in [0.2, 0.25) is 0 Å². The first-order valence-electron chi connectivity index (χ1n) is 5.71. The van der Waals surface area contributed by atoms with E-state index in [0.717, 1.165) is 5.52 Å². The molecule has 7 nitrogen and oxygen atoms in total. The number of aromatic nitrogens is 3. The zero-order chi connectivity index (χ0) is 12.9. The minimum Gasteiger partial charge on any atom is -0.390 e. The fourth-order valence-corrected chi connectivity index (χ4v) is 2.51. The highest BCUT2D eigenvalue weighted by molar-refractivity contribution is 5.85. The van der Waals surface area contributed by atoms with Crippen molar-refractivity contribution in [3.63, 3.8) is 0 Å². The summed E-state index contributed by atoms with van der Waals surface area (Å²) in [5.41, 5.74) is 6.99. The molecule has 0 aromatic carbocycles. The molecule has 19 heavy (non-hydrogen) atoms. The maximum atomic E-state index is 9.92. The highest BCUT2D eigenvalue weighted by Gasteiger charge is 2.41. The van der Waals surface area contributed by atoms with Gasteiger partial charge in [0.2, 0.25) is 0 Å². The van der Waals surface area contributed by atoms with Crippen LogP contribution in [-0.2, 0) is 0 Å². The monoisotopic (exact) mass is 286 g/mol. The van der Waals surface area contributed by atoms with E-state index in [1.165, 1.54) is 0 Å². The molecule has 0 unspecified atom stereocenters. The Morgan fingerprint density at radius 2 is 1.95 bits per heavy atom. The number of aliphatic hydroxyl groups is 3. The Labute approximate surface area is 115 Å². The van der Waals surface area contributed by atoms with Crippen LogP contribution in [0.1, 0.15) is 12.5 Å². The number of imidazole rings is 1. The summed E-state index contributed by atoms with van der Waals surface area (Å²) in [4.78, 5) is 8.09. The lowest BCUT2D eigenvalue weighted by molar-refractivity contribution is -0.0244. The highest BCUT2D eigenvalue weighted by Crippen LogP contribution is 2.33. The number of nitrogens with zero attached hydrogens (tertiary/aromatic N) is 3. The average Bonchev–Trinajstić information content (AvgIpc) is 2.88. The van der Waals surface area contributed by atoms with Crippen LogP contribution in [0.3, 0.4) is 0 Å². The van der Waals surface area contributed by atoms with Gasteiger partial charge in [-0.25, -0.2) is 9.97 Å². The molecular formula is C11H15ClN4O3. The Morgan fingerprint density at radius 3 is 2.58 bits per heavy atom. The SMILES string of the molecule is Cl.Nc1nccc2c1ncn2[C@@H]1C[C@H](O)[C@@H](O)[C@H]1O. The molecule has 1 aliphatic carbocycles. The summed E-state index contributed by atoms with van der Waals surface area (Å²) in [6, 6.07) is 1.32. The summed E-state index contributed by atoms with van der Waals surface area (Å²) in [7, 11) is 0. The lowest BCUT2D eigenvalue weighted by Crippen LogP contribution is -2.31. The van der Waals surface area contributed by atoms with Gasteiger partial charge in [0.1, 0.15) is 17.7 Å². The van der Waals surface area contributed by atoms with E-state index >= 15 is 0 Å². The number of rotatable bonds is 1. The number of hydrogen-bond donors (Lipinski definition) is 4. The molecule has 1 saturated carbocycles. The quantitative estimate of drug-likeness (QED) is 0.559. The van der Waals surface area contributed by atoms with Crippen LogP contribution in [0.25, 0.3) is 11.0 Å². The van der Waals surface area contributed by atoms with Gasteiger partial charge >= 0.3 is 0 Å². The van der Waals surface area contributed by atoms with E-state index in [9.17, 15) is 15.3 Å². The fourth-order valence-electron chi connectivity index (χ4n) is 2.51. The van der Waals surface area contributed by atoms with Crippen LogP contribution in [-0.4, -0.2) is 48.2 Å². The Balaban J connectivity index is 0.00000133. The molecule has 2 aromatic heterocycles. The van der Waals surface area contributed by atoms with Gasteiger partial charge in [0.25, 0.3) is 0 Å². The first kappa shape index (κ1) is 14.0. The third kappa shape index (κ3) is 2.04. The standard InChI is InChI=1S/C11H14N4O3.ClH/c12-11-8-5(1-2-13-11)15(4-14-8)6-3-7(16)10(18)9(6)17;/h1-2,4,6-7,9-10,16-18H,3H2,(H2,12,13);1H/t6-,7+,9+,10-;/m1./s1. The molecule has 0 saturated heterocycles. The van der Waals surface area contributed by atoms with Gasteiger partial charge in [-0.15, -0.1) is 12.4 Å². The van der Waals surface area contributed by atoms with Gasteiger partial charge in [0.05, 0.1) is 24.0 Å². The lowest BCUT2D eigenvalue weighted by atomic mass is 10.2. The van der Waals surface area contributed by atoms with Gasteiger partial charge in [0.15, 0.2) is 5.82 Å². The Bertz CT molecular complexity index is 590. The first-order chi connectivity index (χ1) is 8.59. The van der Waals surface area contributed by atoms with Gasteiger partial charge in [-0.2, -0.15) is 0 Å². The molecule has 8 heteroatoms. The predicted molar refractivity (Wildman–Crippen MR) is 70.9 cm³/mol. The van der Waals surface area contributed by atoms with Crippen molar-refractivity contribution in [1.29, 1.82) is 0 Å². The molecule has 1 aliphatic rings. The van der Waals surface area contributed by atoms with Crippen LogP contribution in [0, 0.1) is 0 Å². The third-order valence-electron chi connectivity index (χ3n) is 3.50. The largest absolute Gasteiger partial charge is 0.390 e. The van der Waals surface area contributed by atoms with Crippen molar-refractivity contribution in [1.82, 2.24) is 14.5 Å². The second kappa shape index (κ2) is 4.93. The molecular weight excluding hydrogens is 272 g/mol. The van der Waals surface area contributed by atoms with Crippen molar-refractivity contribution in [3.8, 4) is 0 Å². The number of nitrogen functional groups attached to an aromatic ring is 1. The van der Waals surface area contributed by atoms with E-state index in [2.05, 4.69) is 9.97 Å². The number of nitrogens with two attached hydrogens (primary N) is 1. The molecule has 0 spiro atoms. The molecule has 3 rings (SSSR count). The molecule has 0 amide bonds. The fraction of sp³-hybridized carbons (Fsp3) is 0.455. The summed E-state index contributed by atoms with van der Waals surface area (Å²) in [6.45, 7) is 0. The summed E-state index contributed by atoms with van der Waals surface area (Å²) < 4.78 is 1.72. The van der Waals surface area contributed by atoms with Crippen molar-refractivity contribution >= 4 is 29.3 Å². The summed E-state index contributed by atoms with van der Waals surface area (Å²) in [5, 5.41) is 29.1. The van der Waals surface area contributed by atoms with Gasteiger partial charge in [0, 0.05) is 6.20 Å². The van der Waals surface area contributed by atoms with Gasteiger partial charge in [-0.3, -0.25) is 0 Å². The Hall–Kier alpha value is -1.41. The summed E-state index contributed by atoms with van der Waals surface area (Å²) >= 11 is 0. The van der Waals surface area contributed by atoms with Crippen LogP contribution >= 0.6 is 12.4 Å². The number of pyridine rings is 1. The highest BCUT2D eigenvalue weighted by atomic mass is 35.5. The number of hydrogen-bond acceptors (Lipinski definition) is 6. The molecule has 1 fully saturated rings. The van der Waals surface area contributed by atoms with Crippen molar-refractivity contribution in [2.75, 3.05) is 5.73 Å². The maximum Gasteiger partial charge on any atom is 0.151 e. The second-order valence-corrected chi connectivity index (χ2v) is 4.57. The summed E-state index contributed by atoms with van der Waals surface area (Å²) in [5.74, 6) is 0.319. The van der Waals surface area contributed by atoms with Crippen LogP contribution < -0.4 is 5.73 Å². The molecule has 104 valence electrons. The van der Waals surface area contributed by atoms with Crippen LogP contribution in [0.4, 0.5) is 5.82 Å². The average molecular weight is 287 g/mol. The Morgan fingerprint density at radius 1 is 1.21 bits per heavy atom. The van der Waals surface area contributed by atoms with E-state index in [4.69, 9.17) is 5.73 Å². The van der Waals surface area contributed by atoms with Crippen molar-refractivity contribution in [2.45, 2.75) is 30.8 Å². The van der Waals surface area contributed by atoms with Crippen molar-refractivity contribution in [3.05, 3.63) is 18.6 Å². The molecule has 2 aromatic rings. The molecule has 0 radical (unpaired) electrons. The van der Waals surface area contributed by atoms with E-state index in [-0.39, 0.29) is 18.8 Å². The number of fused-ring (bicyclic) bond motifs is 1. The minimum absolute atomic E-state index is 0. The third-order valence-corrected chi connectivity index (χ3v) is 3.50. The number of aliphatic hydroxyl groups excluding tert-OH is 3. The molecule has 0 bridgehead atoms. The van der Waals surface area contributed by atoms with Crippen LogP contribution in [0.5, 0.6) is 0 Å². The second-order valence-electron chi connectivity index (χ2n) is 4.57. The van der Waals surface area contributed by atoms with E-state index < -0.39 is 24.4 Å². The van der Waals surface area contributed by atoms with Crippen molar-refractivity contribution in [2.24, 2.45) is 0 Å². The van der Waals surface area contributed by atoms with E-state index in [1.54, 1.807) is 23.2 Å². The Kier molecular flexibility index (Phi) is 3.64. The van der Waals surface area contributed by atoms with E-state index in [0.29, 0.717) is 11.3 Å². The smallest absolute Gasteiger partial charge is 0.151 e. The summed E-state index contributed by atoms with van der Waals surface area (Å²) in [6.07, 6.45) is 0.293. The normalized spacial score (nSPS) is 30.5. The van der Waals surface area contributed by atoms with Crippen molar-refractivity contribution < 1.29 is 15.3 Å². The van der Waals surface area contributed by atoms with Crippen LogP contribution in [0.15, 0.2) is 18.6 Å². The number of anilines is 1. The van der Waals surface area contributed by atoms with Gasteiger partial charge in [-0.1, -0.05) is 0 Å². The van der Waals surface area contributed by atoms with Gasteiger partial charge < -0.3 is 25.6 Å². The molecule has 4 atom stereocenters. The zero-order valence-electron chi connectivity index (χ0n) is 9.92. The maximum absolute atomic E-state index is 9.92. The predicted octanol–water partition coefficient (Wildman–Crippen LogP) is -0.537. The molecule has 5 N–H and O–H groups in total. The zero-order valence-corrected chi connectivity index (χ0v) is 10.7. The topological polar surface area (TPSA) is 117 Å². The molecule has 2 heterocycles. The lowest BCUT2D eigenvalue weighted by Gasteiger charge is -2.18. The van der Waals surface area contributed by atoms with Gasteiger partial charge in [-0.05, 0) is 12.5 Å². The number of halogens is 1. The van der Waals surface area contributed by atoms with E-state index in [1.807, 2.05) is 0 Å². The minimum atomic E-state index is -1.13. The first-order valence-corrected chi connectivity index (χ1v) is 5.71. The molecule has 0 aliphatic heterocycles.